The third-order valence-corrected chi connectivity index (χ3v) is 4.64. The van der Waals surface area contributed by atoms with Crippen molar-refractivity contribution in [2.24, 2.45) is 0 Å². The molecule has 2 aromatic carbocycles. The van der Waals surface area contributed by atoms with Crippen LogP contribution >= 0.6 is 29.4 Å². The highest BCUT2D eigenvalue weighted by Crippen LogP contribution is 2.20. The van der Waals surface area contributed by atoms with Gasteiger partial charge in [0.15, 0.2) is 0 Å². The van der Waals surface area contributed by atoms with Crippen molar-refractivity contribution >= 4 is 52.1 Å². The van der Waals surface area contributed by atoms with Gasteiger partial charge in [0.25, 0.3) is 11.8 Å². The fourth-order valence-corrected chi connectivity index (χ4v) is 3.15. The van der Waals surface area contributed by atoms with Gasteiger partial charge in [0.1, 0.15) is 6.04 Å². The van der Waals surface area contributed by atoms with E-state index < -0.39 is 17.9 Å². The number of hydroxylamine groups is 1. The second kappa shape index (κ2) is 8.88. The number of fused-ring (bicyclic) bond motifs is 1. The van der Waals surface area contributed by atoms with E-state index in [1.807, 2.05) is 24.3 Å². The van der Waals surface area contributed by atoms with Gasteiger partial charge in [-0.15, -0.1) is 0 Å². The molecule has 3 aromatic rings. The van der Waals surface area contributed by atoms with Gasteiger partial charge < -0.3 is 10.3 Å². The molecule has 26 heavy (non-hydrogen) atoms. The summed E-state index contributed by atoms with van der Waals surface area (Å²) in [4.78, 5) is 27.6. The number of hydrogen-bond donors (Lipinski definition) is 4. The Labute approximate surface area is 165 Å². The molecular weight excluding hydrogens is 418 g/mol. The number of hydrogen-bond acceptors (Lipinski definition) is 3. The van der Waals surface area contributed by atoms with Gasteiger partial charge in [-0.3, -0.25) is 14.8 Å². The molecule has 0 aliphatic heterocycles. The molecule has 0 aliphatic carbocycles. The lowest BCUT2D eigenvalue weighted by Crippen LogP contribution is -2.47. The number of aromatic nitrogens is 1. The van der Waals surface area contributed by atoms with Crippen LogP contribution in [0.15, 0.2) is 59.2 Å². The van der Waals surface area contributed by atoms with Crippen LogP contribution in [-0.2, 0) is 11.2 Å². The van der Waals surface area contributed by atoms with Crippen LogP contribution in [-0.4, -0.2) is 28.0 Å². The fourth-order valence-electron chi connectivity index (χ4n) is 2.69. The minimum atomic E-state index is -0.913. The monoisotopic (exact) mass is 435 g/mol. The van der Waals surface area contributed by atoms with E-state index in [9.17, 15) is 9.59 Å². The first-order valence-corrected chi connectivity index (χ1v) is 8.44. The predicted molar refractivity (Wildman–Crippen MR) is 108 cm³/mol. The van der Waals surface area contributed by atoms with Crippen LogP contribution < -0.4 is 10.8 Å². The standard InChI is InChI=1S/C18H16BrN3O3.H2S/c19-14-7-3-1-6-13(14)17(23)21-16(18(24)22-25)9-11-10-20-15-8-4-2-5-12(11)15;/h1-8,10,16,20,25H,9H2,(H,21,23)(H,22,24);1H2/t16-;/m0./s1. The number of halogens is 1. The van der Waals surface area contributed by atoms with E-state index in [-0.39, 0.29) is 19.9 Å². The molecule has 0 saturated heterocycles. The largest absolute Gasteiger partial charge is 0.361 e. The highest BCUT2D eigenvalue weighted by atomic mass is 79.9. The van der Waals surface area contributed by atoms with E-state index in [0.29, 0.717) is 10.0 Å². The van der Waals surface area contributed by atoms with Crippen molar-refractivity contribution in [1.82, 2.24) is 15.8 Å². The van der Waals surface area contributed by atoms with Crippen molar-refractivity contribution in [2.45, 2.75) is 12.5 Å². The van der Waals surface area contributed by atoms with E-state index in [0.717, 1.165) is 16.5 Å². The Kier molecular flexibility index (Phi) is 6.84. The number of para-hydroxylation sites is 1. The molecular formula is C18H18BrN3O3S. The van der Waals surface area contributed by atoms with Crippen molar-refractivity contribution in [1.29, 1.82) is 0 Å². The van der Waals surface area contributed by atoms with Crippen LogP contribution in [0.2, 0.25) is 0 Å². The molecule has 136 valence electrons. The van der Waals surface area contributed by atoms with Crippen LogP contribution in [0.1, 0.15) is 15.9 Å². The third-order valence-electron chi connectivity index (χ3n) is 3.95. The highest BCUT2D eigenvalue weighted by molar-refractivity contribution is 9.10. The molecule has 3 rings (SSSR count). The summed E-state index contributed by atoms with van der Waals surface area (Å²) in [6.45, 7) is 0. The number of carbonyl (C=O) groups excluding carboxylic acids is 2. The first-order chi connectivity index (χ1) is 12.1. The van der Waals surface area contributed by atoms with Gasteiger partial charge in [-0.2, -0.15) is 13.5 Å². The third kappa shape index (κ3) is 4.27. The number of rotatable bonds is 5. The lowest BCUT2D eigenvalue weighted by molar-refractivity contribution is -0.131. The molecule has 0 spiro atoms. The number of H-pyrrole nitrogens is 1. The topological polar surface area (TPSA) is 94.2 Å². The predicted octanol–water partition coefficient (Wildman–Crippen LogP) is 2.89. The van der Waals surface area contributed by atoms with Crippen molar-refractivity contribution in [3.63, 3.8) is 0 Å². The van der Waals surface area contributed by atoms with Crippen molar-refractivity contribution in [3.05, 3.63) is 70.3 Å². The van der Waals surface area contributed by atoms with Gasteiger partial charge in [0, 0.05) is 28.0 Å². The van der Waals surface area contributed by atoms with Crippen LogP contribution in [0, 0.1) is 0 Å². The Hall–Kier alpha value is -2.29. The van der Waals surface area contributed by atoms with Gasteiger partial charge in [-0.25, -0.2) is 5.48 Å². The second-order valence-electron chi connectivity index (χ2n) is 5.55. The molecule has 0 bridgehead atoms. The summed E-state index contributed by atoms with van der Waals surface area (Å²) in [6.07, 6.45) is 2.04. The quantitative estimate of drug-likeness (QED) is 0.366. The summed E-state index contributed by atoms with van der Waals surface area (Å²) in [5.41, 5.74) is 3.85. The zero-order valence-corrected chi connectivity index (χ0v) is 16.2. The smallest absolute Gasteiger partial charge is 0.266 e. The van der Waals surface area contributed by atoms with Gasteiger partial charge in [0.05, 0.1) is 5.56 Å². The van der Waals surface area contributed by atoms with Gasteiger partial charge in [-0.1, -0.05) is 30.3 Å². The number of aromatic amines is 1. The number of carbonyl (C=O) groups is 2. The zero-order chi connectivity index (χ0) is 17.8. The minimum absolute atomic E-state index is 0. The lowest BCUT2D eigenvalue weighted by atomic mass is 10.0. The molecule has 8 heteroatoms. The van der Waals surface area contributed by atoms with E-state index in [1.165, 1.54) is 0 Å². The molecule has 1 heterocycles. The molecule has 4 N–H and O–H groups in total. The molecule has 0 fully saturated rings. The van der Waals surface area contributed by atoms with Crippen molar-refractivity contribution in [2.75, 3.05) is 0 Å². The molecule has 0 radical (unpaired) electrons. The molecule has 2 amide bonds. The average Bonchev–Trinajstić information content (AvgIpc) is 3.04. The fraction of sp³-hybridized carbons (Fsp3) is 0.111. The highest BCUT2D eigenvalue weighted by Gasteiger charge is 2.23. The summed E-state index contributed by atoms with van der Waals surface area (Å²) < 4.78 is 0.628. The normalized spacial score (nSPS) is 11.5. The van der Waals surface area contributed by atoms with Crippen LogP contribution in [0.5, 0.6) is 0 Å². The van der Waals surface area contributed by atoms with Crippen LogP contribution in [0.3, 0.4) is 0 Å². The minimum Gasteiger partial charge on any atom is -0.361 e. The number of nitrogens with one attached hydrogen (secondary N) is 3. The Morgan fingerprint density at radius 1 is 1.12 bits per heavy atom. The average molecular weight is 436 g/mol. The second-order valence-corrected chi connectivity index (χ2v) is 6.40. The number of amides is 2. The first kappa shape index (κ1) is 20.0. The van der Waals surface area contributed by atoms with Gasteiger partial charge in [-0.05, 0) is 39.7 Å². The van der Waals surface area contributed by atoms with E-state index in [4.69, 9.17) is 5.21 Å². The Balaban J connectivity index is 0.00000243. The summed E-state index contributed by atoms with van der Waals surface area (Å²) in [5.74, 6) is -1.08. The molecule has 1 atom stereocenters. The van der Waals surface area contributed by atoms with E-state index in [1.54, 1.807) is 35.9 Å². The summed E-state index contributed by atoms with van der Waals surface area (Å²) in [6, 6.07) is 13.7. The first-order valence-electron chi connectivity index (χ1n) is 7.64. The SMILES string of the molecule is O=C(N[C@@H](Cc1c[nH]c2ccccc12)C(=O)NO)c1ccccc1Br.S. The van der Waals surface area contributed by atoms with E-state index in [2.05, 4.69) is 26.2 Å². The summed E-state index contributed by atoms with van der Waals surface area (Å²) >= 11 is 3.32. The zero-order valence-electron chi connectivity index (χ0n) is 13.6. The van der Waals surface area contributed by atoms with Crippen molar-refractivity contribution < 1.29 is 14.8 Å². The molecule has 1 aromatic heterocycles. The maximum atomic E-state index is 12.5. The summed E-state index contributed by atoms with van der Waals surface area (Å²) in [5, 5.41) is 12.7. The Bertz CT molecular complexity index is 929. The molecule has 0 saturated carbocycles. The maximum Gasteiger partial charge on any atom is 0.266 e. The van der Waals surface area contributed by atoms with Crippen molar-refractivity contribution in [3.8, 4) is 0 Å². The number of benzene rings is 2. The molecule has 6 nitrogen and oxygen atoms in total. The lowest BCUT2D eigenvalue weighted by Gasteiger charge is -2.17. The molecule has 0 aliphatic rings. The summed E-state index contributed by atoms with van der Waals surface area (Å²) in [7, 11) is 0. The Morgan fingerprint density at radius 3 is 2.54 bits per heavy atom. The van der Waals surface area contributed by atoms with Crippen LogP contribution in [0.25, 0.3) is 10.9 Å². The van der Waals surface area contributed by atoms with Gasteiger partial charge in [0.2, 0.25) is 0 Å². The Morgan fingerprint density at radius 2 is 1.81 bits per heavy atom. The maximum absolute atomic E-state index is 12.5. The van der Waals surface area contributed by atoms with Gasteiger partial charge >= 0.3 is 0 Å². The van der Waals surface area contributed by atoms with E-state index >= 15 is 0 Å². The van der Waals surface area contributed by atoms with Crippen LogP contribution in [0.4, 0.5) is 0 Å². The molecule has 0 unspecified atom stereocenters.